The number of anilines is 1. The molecule has 0 saturated carbocycles. The van der Waals surface area contributed by atoms with Crippen LogP contribution in [-0.2, 0) is 4.79 Å². The predicted octanol–water partition coefficient (Wildman–Crippen LogP) is 3.31. The van der Waals surface area contributed by atoms with E-state index < -0.39 is 0 Å². The van der Waals surface area contributed by atoms with Crippen LogP contribution in [0.3, 0.4) is 0 Å². The maximum Gasteiger partial charge on any atom is 0.238 e. The first-order valence-corrected chi connectivity index (χ1v) is 9.48. The molecule has 1 atom stereocenters. The number of benzene rings is 1. The summed E-state index contributed by atoms with van der Waals surface area (Å²) in [7, 11) is 0. The summed E-state index contributed by atoms with van der Waals surface area (Å²) in [5, 5.41) is 3.13. The van der Waals surface area contributed by atoms with Gasteiger partial charge in [-0.15, -0.1) is 0 Å². The Morgan fingerprint density at radius 1 is 1.17 bits per heavy atom. The van der Waals surface area contributed by atoms with Crippen molar-refractivity contribution in [1.29, 1.82) is 0 Å². The van der Waals surface area contributed by atoms with Crippen molar-refractivity contribution >= 4 is 11.6 Å². The third-order valence-electron chi connectivity index (χ3n) is 5.36. The maximum absolute atomic E-state index is 12.5. The second kappa shape index (κ2) is 8.13. The number of carbonyl (C=O) groups is 1. The molecule has 0 aromatic heterocycles. The molecule has 1 aromatic rings. The Morgan fingerprint density at radius 2 is 1.92 bits per heavy atom. The monoisotopic (exact) mass is 329 g/mol. The van der Waals surface area contributed by atoms with Crippen LogP contribution in [0.15, 0.2) is 24.3 Å². The summed E-state index contributed by atoms with van der Waals surface area (Å²) in [4.78, 5) is 17.5. The lowest BCUT2D eigenvalue weighted by Crippen LogP contribution is -2.48. The molecule has 0 spiro atoms. The molecule has 1 N–H and O–H groups in total. The summed E-state index contributed by atoms with van der Waals surface area (Å²) >= 11 is 0. The van der Waals surface area contributed by atoms with E-state index in [1.165, 1.54) is 44.3 Å². The van der Waals surface area contributed by atoms with Gasteiger partial charge in [0.05, 0.1) is 6.54 Å². The number of carbonyl (C=O) groups excluding carboxylic acids is 1. The van der Waals surface area contributed by atoms with Gasteiger partial charge in [0.15, 0.2) is 0 Å². The van der Waals surface area contributed by atoms with Crippen molar-refractivity contribution in [3.05, 3.63) is 29.8 Å². The molecule has 4 nitrogen and oxygen atoms in total. The Kier molecular flexibility index (Phi) is 5.90. The quantitative estimate of drug-likeness (QED) is 0.900. The van der Waals surface area contributed by atoms with Gasteiger partial charge in [-0.25, -0.2) is 0 Å². The number of nitrogens with one attached hydrogen (secondary N) is 1. The van der Waals surface area contributed by atoms with E-state index >= 15 is 0 Å². The zero-order valence-corrected chi connectivity index (χ0v) is 15.1. The minimum atomic E-state index is 0.116. The maximum atomic E-state index is 12.5. The van der Waals surface area contributed by atoms with Gasteiger partial charge in [-0.05, 0) is 62.9 Å². The zero-order valence-electron chi connectivity index (χ0n) is 15.1. The molecule has 24 heavy (non-hydrogen) atoms. The smallest absolute Gasteiger partial charge is 0.238 e. The molecule has 0 aliphatic carbocycles. The average Bonchev–Trinajstić information content (AvgIpc) is 3.10. The third-order valence-corrected chi connectivity index (χ3v) is 5.36. The highest BCUT2D eigenvalue weighted by Gasteiger charge is 2.27. The van der Waals surface area contributed by atoms with Crippen molar-refractivity contribution in [1.82, 2.24) is 9.80 Å². The fraction of sp³-hybridized carbons (Fsp3) is 0.650. The molecule has 1 aromatic carbocycles. The van der Waals surface area contributed by atoms with Crippen molar-refractivity contribution in [2.24, 2.45) is 0 Å². The van der Waals surface area contributed by atoms with Gasteiger partial charge in [-0.1, -0.05) is 32.0 Å². The summed E-state index contributed by atoms with van der Waals surface area (Å²) < 4.78 is 0. The van der Waals surface area contributed by atoms with E-state index in [1.807, 2.05) is 18.2 Å². The minimum absolute atomic E-state index is 0.116. The number of rotatable bonds is 5. The molecule has 0 bridgehead atoms. The molecular formula is C20H31N3O. The second-order valence-electron chi connectivity index (χ2n) is 7.56. The van der Waals surface area contributed by atoms with Crippen molar-refractivity contribution in [2.45, 2.75) is 51.5 Å². The number of para-hydroxylation sites is 1. The number of amides is 1. The molecule has 3 rings (SSSR count). The molecule has 2 fully saturated rings. The van der Waals surface area contributed by atoms with E-state index in [9.17, 15) is 4.79 Å². The van der Waals surface area contributed by atoms with Crippen LogP contribution in [0.2, 0.25) is 0 Å². The van der Waals surface area contributed by atoms with Crippen LogP contribution in [0.4, 0.5) is 5.69 Å². The van der Waals surface area contributed by atoms with Crippen molar-refractivity contribution < 1.29 is 4.79 Å². The summed E-state index contributed by atoms with van der Waals surface area (Å²) in [5.41, 5.74) is 2.17. The van der Waals surface area contributed by atoms with E-state index in [4.69, 9.17) is 0 Å². The molecule has 2 aliphatic rings. The van der Waals surface area contributed by atoms with Crippen LogP contribution in [-0.4, -0.2) is 54.5 Å². The van der Waals surface area contributed by atoms with Gasteiger partial charge < -0.3 is 5.32 Å². The zero-order chi connectivity index (χ0) is 16.9. The Balaban J connectivity index is 1.55. The Bertz CT molecular complexity index is 552. The van der Waals surface area contributed by atoms with Gasteiger partial charge >= 0.3 is 0 Å². The standard InChI is InChI=1S/C20H31N3O/c1-16(2)18-9-3-4-10-19(18)21-20(24)15-22-11-7-8-17(14-22)23-12-5-6-13-23/h3-4,9-10,16-17H,5-8,11-15H2,1-2H3,(H,21,24). The highest BCUT2D eigenvalue weighted by molar-refractivity contribution is 5.93. The number of hydrogen-bond acceptors (Lipinski definition) is 3. The van der Waals surface area contributed by atoms with E-state index in [2.05, 4.69) is 35.0 Å². The normalized spacial score (nSPS) is 22.9. The molecule has 2 saturated heterocycles. The first-order valence-electron chi connectivity index (χ1n) is 9.48. The van der Waals surface area contributed by atoms with Gasteiger partial charge in [0.25, 0.3) is 0 Å². The predicted molar refractivity (Wildman–Crippen MR) is 99.4 cm³/mol. The summed E-state index contributed by atoms with van der Waals surface area (Å²) in [6.07, 6.45) is 5.16. The van der Waals surface area contributed by atoms with Crippen LogP contribution >= 0.6 is 0 Å². The lowest BCUT2D eigenvalue weighted by Gasteiger charge is -2.37. The molecular weight excluding hydrogens is 298 g/mol. The summed E-state index contributed by atoms with van der Waals surface area (Å²) in [5.74, 6) is 0.529. The Hall–Kier alpha value is -1.39. The summed E-state index contributed by atoms with van der Waals surface area (Å²) in [6, 6.07) is 8.79. The largest absolute Gasteiger partial charge is 0.325 e. The van der Waals surface area contributed by atoms with Crippen molar-refractivity contribution in [3.63, 3.8) is 0 Å². The SMILES string of the molecule is CC(C)c1ccccc1NC(=O)CN1CCCC(N2CCCC2)C1. The average molecular weight is 329 g/mol. The lowest BCUT2D eigenvalue weighted by molar-refractivity contribution is -0.117. The van der Waals surface area contributed by atoms with E-state index in [1.54, 1.807) is 0 Å². The van der Waals surface area contributed by atoms with Gasteiger partial charge in [-0.2, -0.15) is 0 Å². The van der Waals surface area contributed by atoms with Gasteiger partial charge in [0.1, 0.15) is 0 Å². The van der Waals surface area contributed by atoms with Gasteiger partial charge in [-0.3, -0.25) is 14.6 Å². The van der Waals surface area contributed by atoms with Crippen LogP contribution in [0, 0.1) is 0 Å². The van der Waals surface area contributed by atoms with Crippen molar-refractivity contribution in [2.75, 3.05) is 38.0 Å². The minimum Gasteiger partial charge on any atom is -0.325 e. The van der Waals surface area contributed by atoms with Crippen LogP contribution < -0.4 is 5.32 Å². The fourth-order valence-corrected chi connectivity index (χ4v) is 4.09. The molecule has 2 heterocycles. The lowest BCUT2D eigenvalue weighted by atomic mass is 10.0. The number of hydrogen-bond donors (Lipinski definition) is 1. The van der Waals surface area contributed by atoms with E-state index in [0.717, 1.165) is 18.8 Å². The fourth-order valence-electron chi connectivity index (χ4n) is 4.09. The van der Waals surface area contributed by atoms with E-state index in [-0.39, 0.29) is 5.91 Å². The summed E-state index contributed by atoms with van der Waals surface area (Å²) in [6.45, 7) is 9.41. The van der Waals surface area contributed by atoms with Crippen molar-refractivity contribution in [3.8, 4) is 0 Å². The highest BCUT2D eigenvalue weighted by Crippen LogP contribution is 2.24. The van der Waals surface area contributed by atoms with Gasteiger partial charge in [0.2, 0.25) is 5.91 Å². The third kappa shape index (κ3) is 4.37. The second-order valence-corrected chi connectivity index (χ2v) is 7.56. The number of piperidine rings is 1. The molecule has 4 heteroatoms. The number of nitrogens with zero attached hydrogens (tertiary/aromatic N) is 2. The van der Waals surface area contributed by atoms with Crippen LogP contribution in [0.1, 0.15) is 51.0 Å². The first kappa shape index (κ1) is 17.4. The van der Waals surface area contributed by atoms with Crippen LogP contribution in [0.5, 0.6) is 0 Å². The Morgan fingerprint density at radius 3 is 2.67 bits per heavy atom. The number of likely N-dealkylation sites (tertiary alicyclic amines) is 2. The Labute approximate surface area is 146 Å². The molecule has 0 radical (unpaired) electrons. The molecule has 1 unspecified atom stereocenters. The molecule has 132 valence electrons. The molecule has 1 amide bonds. The van der Waals surface area contributed by atoms with E-state index in [0.29, 0.717) is 18.5 Å². The first-order chi connectivity index (χ1) is 11.6. The van der Waals surface area contributed by atoms with Gasteiger partial charge in [0, 0.05) is 18.3 Å². The highest BCUT2D eigenvalue weighted by atomic mass is 16.2. The molecule has 2 aliphatic heterocycles. The van der Waals surface area contributed by atoms with Crippen LogP contribution in [0.25, 0.3) is 0 Å². The topological polar surface area (TPSA) is 35.6 Å².